The molecule has 1 aliphatic rings. The fourth-order valence-electron chi connectivity index (χ4n) is 2.10. The van der Waals surface area contributed by atoms with Crippen LogP contribution >= 0.6 is 0 Å². The van der Waals surface area contributed by atoms with Gasteiger partial charge in [-0.05, 0) is 18.6 Å². The zero-order valence-electron chi connectivity index (χ0n) is 8.56. The predicted molar refractivity (Wildman–Crippen MR) is 54.6 cm³/mol. The Morgan fingerprint density at radius 1 is 1.47 bits per heavy atom. The largest absolute Gasteiger partial charge is 0.324 e. The number of hydrogen-bond donors (Lipinski definition) is 2. The third-order valence-electron chi connectivity index (χ3n) is 3.01. The van der Waals surface area contributed by atoms with Crippen molar-refractivity contribution in [2.45, 2.75) is 18.4 Å². The number of nitrogens with two attached hydrogens (primary N) is 1. The van der Waals surface area contributed by atoms with Gasteiger partial charge in [0.1, 0.15) is 0 Å². The predicted octanol–water partition coefficient (Wildman–Crippen LogP) is 1.37. The smallest absolute Gasteiger partial charge is 0.162 e. The molecule has 3 N–H and O–H groups in total. The fourth-order valence-corrected chi connectivity index (χ4v) is 2.10. The van der Waals surface area contributed by atoms with E-state index in [0.717, 1.165) is 6.07 Å². The fraction of sp³-hybridized carbons (Fsp3) is 0.455. The van der Waals surface area contributed by atoms with Crippen LogP contribution in [-0.4, -0.2) is 18.6 Å². The maximum absolute atomic E-state index is 13.5. The van der Waals surface area contributed by atoms with E-state index in [2.05, 4.69) is 5.32 Å². The first-order valence-electron chi connectivity index (χ1n) is 4.96. The quantitative estimate of drug-likeness (QED) is 0.737. The Hall–Kier alpha value is -1.00. The van der Waals surface area contributed by atoms with Gasteiger partial charge in [0.15, 0.2) is 11.6 Å². The van der Waals surface area contributed by atoms with E-state index in [0.29, 0.717) is 18.7 Å². The van der Waals surface area contributed by atoms with E-state index in [1.165, 1.54) is 6.07 Å². The maximum atomic E-state index is 13.5. The van der Waals surface area contributed by atoms with Crippen LogP contribution in [0.5, 0.6) is 0 Å². The molecule has 2 rings (SSSR count). The average molecular weight is 212 g/mol. The summed E-state index contributed by atoms with van der Waals surface area (Å²) in [6.07, 6.45) is 0. The highest BCUT2D eigenvalue weighted by molar-refractivity contribution is 5.28. The van der Waals surface area contributed by atoms with E-state index in [9.17, 15) is 8.78 Å². The average Bonchev–Trinajstić information content (AvgIpc) is 2.50. The van der Waals surface area contributed by atoms with Gasteiger partial charge in [-0.3, -0.25) is 0 Å². The molecule has 1 aromatic carbocycles. The van der Waals surface area contributed by atoms with Gasteiger partial charge in [-0.15, -0.1) is 0 Å². The van der Waals surface area contributed by atoms with E-state index in [-0.39, 0.29) is 5.92 Å². The van der Waals surface area contributed by atoms with Crippen LogP contribution in [0.3, 0.4) is 0 Å². The van der Waals surface area contributed by atoms with Crippen molar-refractivity contribution < 1.29 is 8.78 Å². The molecule has 0 radical (unpaired) electrons. The standard InChI is InChI=1S/C11H14F2N2/c1-11(14)6-15-5-8(11)7-3-2-4-9(12)10(7)13/h2-4,8,15H,5-6,14H2,1H3/t8-,11+/m0/s1. The van der Waals surface area contributed by atoms with Gasteiger partial charge in [0, 0.05) is 24.5 Å². The van der Waals surface area contributed by atoms with Gasteiger partial charge in [-0.2, -0.15) is 0 Å². The van der Waals surface area contributed by atoms with Gasteiger partial charge in [0.2, 0.25) is 0 Å². The van der Waals surface area contributed by atoms with Crippen LogP contribution in [-0.2, 0) is 0 Å². The van der Waals surface area contributed by atoms with Gasteiger partial charge in [0.05, 0.1) is 0 Å². The lowest BCUT2D eigenvalue weighted by Crippen LogP contribution is -2.43. The highest BCUT2D eigenvalue weighted by Crippen LogP contribution is 2.31. The van der Waals surface area contributed by atoms with Crippen LogP contribution < -0.4 is 11.1 Å². The van der Waals surface area contributed by atoms with Crippen LogP contribution in [0.4, 0.5) is 8.78 Å². The van der Waals surface area contributed by atoms with Crippen LogP contribution in [0.1, 0.15) is 18.4 Å². The summed E-state index contributed by atoms with van der Waals surface area (Å²) >= 11 is 0. The van der Waals surface area contributed by atoms with Crippen molar-refractivity contribution >= 4 is 0 Å². The van der Waals surface area contributed by atoms with Crippen LogP contribution in [0.15, 0.2) is 18.2 Å². The van der Waals surface area contributed by atoms with Crippen molar-refractivity contribution in [2.24, 2.45) is 5.73 Å². The minimum Gasteiger partial charge on any atom is -0.324 e. The molecule has 0 aromatic heterocycles. The molecule has 0 aliphatic carbocycles. The monoisotopic (exact) mass is 212 g/mol. The number of halogens is 2. The van der Waals surface area contributed by atoms with Crippen LogP contribution in [0, 0.1) is 11.6 Å². The summed E-state index contributed by atoms with van der Waals surface area (Å²) in [6, 6.07) is 4.23. The third-order valence-corrected chi connectivity index (χ3v) is 3.01. The van der Waals surface area contributed by atoms with Crippen LogP contribution in [0.2, 0.25) is 0 Å². The molecule has 1 heterocycles. The van der Waals surface area contributed by atoms with Crippen molar-refractivity contribution in [3.8, 4) is 0 Å². The Morgan fingerprint density at radius 2 is 2.20 bits per heavy atom. The van der Waals surface area contributed by atoms with E-state index < -0.39 is 17.2 Å². The van der Waals surface area contributed by atoms with Gasteiger partial charge >= 0.3 is 0 Å². The molecule has 1 fully saturated rings. The summed E-state index contributed by atoms with van der Waals surface area (Å²) in [6.45, 7) is 3.06. The first-order valence-corrected chi connectivity index (χ1v) is 4.96. The van der Waals surface area contributed by atoms with E-state index >= 15 is 0 Å². The Bertz CT molecular complexity index is 377. The Kier molecular flexibility index (Phi) is 2.48. The van der Waals surface area contributed by atoms with Crippen LogP contribution in [0.25, 0.3) is 0 Å². The second-order valence-electron chi connectivity index (χ2n) is 4.33. The summed E-state index contributed by atoms with van der Waals surface area (Å²) in [5.74, 6) is -1.76. The molecule has 0 saturated carbocycles. The molecule has 15 heavy (non-hydrogen) atoms. The van der Waals surface area contributed by atoms with E-state index in [1.54, 1.807) is 6.07 Å². The normalized spacial score (nSPS) is 30.8. The first-order chi connectivity index (χ1) is 7.02. The van der Waals surface area contributed by atoms with Crippen molar-refractivity contribution in [3.05, 3.63) is 35.4 Å². The zero-order chi connectivity index (χ0) is 11.1. The lowest BCUT2D eigenvalue weighted by molar-refractivity contribution is 0.431. The Balaban J connectivity index is 2.41. The molecule has 82 valence electrons. The van der Waals surface area contributed by atoms with Crippen molar-refractivity contribution in [2.75, 3.05) is 13.1 Å². The number of benzene rings is 1. The summed E-state index contributed by atoms with van der Waals surface area (Å²) < 4.78 is 26.6. The highest BCUT2D eigenvalue weighted by Gasteiger charge is 2.37. The lowest BCUT2D eigenvalue weighted by Gasteiger charge is -2.26. The van der Waals surface area contributed by atoms with Gasteiger partial charge in [0.25, 0.3) is 0 Å². The molecule has 1 aromatic rings. The number of hydrogen-bond acceptors (Lipinski definition) is 2. The minimum atomic E-state index is -0.810. The molecule has 0 unspecified atom stereocenters. The maximum Gasteiger partial charge on any atom is 0.162 e. The van der Waals surface area contributed by atoms with Crippen molar-refractivity contribution in [1.82, 2.24) is 5.32 Å². The number of nitrogens with one attached hydrogen (secondary N) is 1. The molecule has 1 aliphatic heterocycles. The summed E-state index contributed by atoms with van der Waals surface area (Å²) in [7, 11) is 0. The molecule has 2 atom stereocenters. The number of rotatable bonds is 1. The van der Waals surface area contributed by atoms with Gasteiger partial charge < -0.3 is 11.1 Å². The highest BCUT2D eigenvalue weighted by atomic mass is 19.2. The molecule has 0 amide bonds. The van der Waals surface area contributed by atoms with E-state index in [1.807, 2.05) is 6.92 Å². The van der Waals surface area contributed by atoms with Gasteiger partial charge in [-0.1, -0.05) is 12.1 Å². The molecular formula is C11H14F2N2. The second kappa shape index (κ2) is 3.54. The SMILES string of the molecule is C[C@@]1(N)CNC[C@H]1c1cccc(F)c1F. The minimum absolute atomic E-state index is 0.173. The summed E-state index contributed by atoms with van der Waals surface area (Å²) in [4.78, 5) is 0. The van der Waals surface area contributed by atoms with Crippen molar-refractivity contribution in [3.63, 3.8) is 0 Å². The molecule has 0 spiro atoms. The van der Waals surface area contributed by atoms with Gasteiger partial charge in [-0.25, -0.2) is 8.78 Å². The second-order valence-corrected chi connectivity index (χ2v) is 4.33. The molecular weight excluding hydrogens is 198 g/mol. The van der Waals surface area contributed by atoms with E-state index in [4.69, 9.17) is 5.73 Å². The summed E-state index contributed by atoms with van der Waals surface area (Å²) in [5.41, 5.74) is 5.87. The Labute approximate surface area is 87.5 Å². The molecule has 4 heteroatoms. The first kappa shape index (κ1) is 10.5. The summed E-state index contributed by atoms with van der Waals surface area (Å²) in [5, 5.41) is 3.09. The topological polar surface area (TPSA) is 38.0 Å². The third kappa shape index (κ3) is 1.75. The molecule has 2 nitrogen and oxygen atoms in total. The van der Waals surface area contributed by atoms with Crippen molar-refractivity contribution in [1.29, 1.82) is 0 Å². The lowest BCUT2D eigenvalue weighted by atomic mass is 9.84. The Morgan fingerprint density at radius 3 is 2.80 bits per heavy atom. The zero-order valence-corrected chi connectivity index (χ0v) is 8.56. The molecule has 0 bridgehead atoms. The molecule has 1 saturated heterocycles.